The molecule has 0 atom stereocenters. The minimum absolute atomic E-state index is 0.686. The first-order valence-electron chi connectivity index (χ1n) is 8.85. The number of piperazine rings is 1. The predicted octanol–water partition coefficient (Wildman–Crippen LogP) is 1.98. The molecular weight excluding hydrogens is 328 g/mol. The molecule has 0 unspecified atom stereocenters. The van der Waals surface area contributed by atoms with Crippen LogP contribution in [0.25, 0.3) is 0 Å². The van der Waals surface area contributed by atoms with Crippen LogP contribution in [0.1, 0.15) is 12.0 Å². The first-order chi connectivity index (χ1) is 12.8. The van der Waals surface area contributed by atoms with E-state index in [-0.39, 0.29) is 0 Å². The lowest BCUT2D eigenvalue weighted by atomic mass is 10.2. The van der Waals surface area contributed by atoms with E-state index >= 15 is 0 Å². The zero-order valence-corrected chi connectivity index (χ0v) is 15.1. The van der Waals surface area contributed by atoms with E-state index in [1.807, 2.05) is 24.3 Å². The molecule has 0 saturated carbocycles. The molecule has 1 N–H and O–H groups in total. The monoisotopic (exact) mass is 352 g/mol. The number of nitrogens with zero attached hydrogens (tertiary/aromatic N) is 5. The average molecular weight is 352 g/mol. The first-order valence-corrected chi connectivity index (χ1v) is 8.85. The maximum Gasteiger partial charge on any atom is 0.179 e. The van der Waals surface area contributed by atoms with Crippen LogP contribution in [0.15, 0.2) is 36.8 Å². The molecule has 2 aromatic rings. The molecule has 0 bridgehead atoms. The van der Waals surface area contributed by atoms with Crippen molar-refractivity contribution in [2.75, 3.05) is 56.6 Å². The number of nitriles is 1. The van der Waals surface area contributed by atoms with Crippen molar-refractivity contribution in [1.82, 2.24) is 14.9 Å². The quantitative estimate of drug-likeness (QED) is 0.764. The Morgan fingerprint density at radius 2 is 2.12 bits per heavy atom. The Kier molecular flexibility index (Phi) is 6.23. The van der Waals surface area contributed by atoms with Gasteiger partial charge in [0.1, 0.15) is 6.33 Å². The van der Waals surface area contributed by atoms with Gasteiger partial charge in [0.25, 0.3) is 0 Å². The summed E-state index contributed by atoms with van der Waals surface area (Å²) in [7, 11) is 1.65. The Morgan fingerprint density at radius 1 is 1.27 bits per heavy atom. The van der Waals surface area contributed by atoms with Crippen LogP contribution in [0.4, 0.5) is 11.5 Å². The Morgan fingerprint density at radius 3 is 2.88 bits per heavy atom. The van der Waals surface area contributed by atoms with Crippen molar-refractivity contribution in [3.63, 3.8) is 0 Å². The number of anilines is 2. The van der Waals surface area contributed by atoms with Crippen molar-refractivity contribution in [3.8, 4) is 11.8 Å². The molecule has 2 heterocycles. The van der Waals surface area contributed by atoms with E-state index in [2.05, 4.69) is 31.2 Å². The minimum Gasteiger partial charge on any atom is -0.491 e. The largest absolute Gasteiger partial charge is 0.491 e. The summed E-state index contributed by atoms with van der Waals surface area (Å²) in [6, 6.07) is 9.76. The fraction of sp³-hybridized carbons (Fsp3) is 0.421. The number of hydrogen-bond donors (Lipinski definition) is 1. The number of benzene rings is 1. The van der Waals surface area contributed by atoms with Crippen LogP contribution in [-0.2, 0) is 0 Å². The highest BCUT2D eigenvalue weighted by Crippen LogP contribution is 2.24. The van der Waals surface area contributed by atoms with E-state index < -0.39 is 0 Å². The zero-order valence-electron chi connectivity index (χ0n) is 15.1. The van der Waals surface area contributed by atoms with E-state index in [0.29, 0.717) is 5.56 Å². The van der Waals surface area contributed by atoms with Crippen LogP contribution in [0.5, 0.6) is 5.75 Å². The Balaban J connectivity index is 1.40. The molecule has 1 saturated heterocycles. The van der Waals surface area contributed by atoms with Crippen LogP contribution >= 0.6 is 0 Å². The molecule has 0 spiro atoms. The summed E-state index contributed by atoms with van der Waals surface area (Å²) in [5.74, 6) is 1.60. The van der Waals surface area contributed by atoms with Gasteiger partial charge in [-0.1, -0.05) is 6.07 Å². The molecule has 1 aromatic heterocycles. The molecule has 0 radical (unpaired) electrons. The molecular formula is C19H24N6O. The summed E-state index contributed by atoms with van der Waals surface area (Å²) >= 11 is 0. The van der Waals surface area contributed by atoms with Gasteiger partial charge in [0.15, 0.2) is 11.6 Å². The molecule has 1 aliphatic rings. The second-order valence-corrected chi connectivity index (χ2v) is 6.22. The molecule has 1 fully saturated rings. The van der Waals surface area contributed by atoms with Crippen molar-refractivity contribution in [3.05, 3.63) is 42.4 Å². The van der Waals surface area contributed by atoms with Crippen molar-refractivity contribution in [2.24, 2.45) is 0 Å². The molecule has 0 aliphatic carbocycles. The van der Waals surface area contributed by atoms with Crippen LogP contribution in [-0.4, -0.2) is 61.2 Å². The minimum atomic E-state index is 0.686. The second kappa shape index (κ2) is 9.02. The van der Waals surface area contributed by atoms with Gasteiger partial charge in [0.2, 0.25) is 0 Å². The van der Waals surface area contributed by atoms with Crippen LogP contribution in [0.3, 0.4) is 0 Å². The number of nitrogens with one attached hydrogen (secondary N) is 1. The Labute approximate surface area is 154 Å². The highest BCUT2D eigenvalue weighted by molar-refractivity contribution is 5.51. The fourth-order valence-corrected chi connectivity index (χ4v) is 3.11. The second-order valence-electron chi connectivity index (χ2n) is 6.22. The SMILES string of the molecule is COc1cncnc1N1CCN(CCCNc2cccc(C#N)c2)CC1. The van der Waals surface area contributed by atoms with Gasteiger partial charge < -0.3 is 15.0 Å². The smallest absolute Gasteiger partial charge is 0.179 e. The van der Waals surface area contributed by atoms with Crippen LogP contribution in [0.2, 0.25) is 0 Å². The van der Waals surface area contributed by atoms with Gasteiger partial charge >= 0.3 is 0 Å². The van der Waals surface area contributed by atoms with Gasteiger partial charge in [-0.3, -0.25) is 4.90 Å². The maximum atomic E-state index is 8.94. The third-order valence-electron chi connectivity index (χ3n) is 4.52. The lowest BCUT2D eigenvalue weighted by Gasteiger charge is -2.35. The van der Waals surface area contributed by atoms with Crippen molar-refractivity contribution in [1.29, 1.82) is 5.26 Å². The Bertz CT molecular complexity index is 752. The lowest BCUT2D eigenvalue weighted by Crippen LogP contribution is -2.47. The third-order valence-corrected chi connectivity index (χ3v) is 4.52. The van der Waals surface area contributed by atoms with Gasteiger partial charge in [0.05, 0.1) is 24.9 Å². The van der Waals surface area contributed by atoms with E-state index in [1.54, 1.807) is 19.6 Å². The molecule has 1 aliphatic heterocycles. The molecule has 136 valence electrons. The normalized spacial score (nSPS) is 14.7. The number of ether oxygens (including phenoxy) is 1. The summed E-state index contributed by atoms with van der Waals surface area (Å²) < 4.78 is 5.35. The molecule has 7 heteroatoms. The lowest BCUT2D eigenvalue weighted by molar-refractivity contribution is 0.255. The molecule has 3 rings (SSSR count). The maximum absolute atomic E-state index is 8.94. The summed E-state index contributed by atoms with van der Waals surface area (Å²) in [6.07, 6.45) is 4.34. The van der Waals surface area contributed by atoms with Crippen molar-refractivity contribution < 1.29 is 4.74 Å². The van der Waals surface area contributed by atoms with Crippen molar-refractivity contribution >= 4 is 11.5 Å². The van der Waals surface area contributed by atoms with E-state index in [9.17, 15) is 0 Å². The van der Waals surface area contributed by atoms with Gasteiger partial charge in [-0.05, 0) is 31.2 Å². The van der Waals surface area contributed by atoms with Crippen molar-refractivity contribution in [2.45, 2.75) is 6.42 Å². The zero-order chi connectivity index (χ0) is 18.2. The van der Waals surface area contributed by atoms with E-state index in [4.69, 9.17) is 10.00 Å². The van der Waals surface area contributed by atoms with Crippen LogP contribution in [0, 0.1) is 11.3 Å². The van der Waals surface area contributed by atoms with Crippen LogP contribution < -0.4 is 15.0 Å². The summed E-state index contributed by atoms with van der Waals surface area (Å²) in [6.45, 7) is 5.85. The van der Waals surface area contributed by atoms with Gasteiger partial charge in [-0.15, -0.1) is 0 Å². The number of aromatic nitrogens is 2. The third kappa shape index (κ3) is 4.61. The summed E-state index contributed by atoms with van der Waals surface area (Å²) in [5, 5.41) is 12.3. The number of hydrogen-bond acceptors (Lipinski definition) is 7. The van der Waals surface area contributed by atoms with Gasteiger partial charge in [-0.2, -0.15) is 5.26 Å². The Hall–Kier alpha value is -2.85. The molecule has 26 heavy (non-hydrogen) atoms. The van der Waals surface area contributed by atoms with Gasteiger partial charge in [-0.25, -0.2) is 9.97 Å². The highest BCUT2D eigenvalue weighted by Gasteiger charge is 2.20. The van der Waals surface area contributed by atoms with E-state index in [1.165, 1.54) is 0 Å². The number of methoxy groups -OCH3 is 1. The number of rotatable bonds is 7. The first kappa shape index (κ1) is 18.0. The molecule has 1 aromatic carbocycles. The standard InChI is InChI=1S/C19H24N6O/c1-26-18-14-21-15-23-19(18)25-10-8-24(9-11-25)7-3-6-22-17-5-2-4-16(12-17)13-20/h2,4-5,12,14-15,22H,3,6-11H2,1H3. The predicted molar refractivity (Wildman–Crippen MR) is 102 cm³/mol. The highest BCUT2D eigenvalue weighted by atomic mass is 16.5. The molecule has 7 nitrogen and oxygen atoms in total. The fourth-order valence-electron chi connectivity index (χ4n) is 3.11. The topological polar surface area (TPSA) is 77.3 Å². The summed E-state index contributed by atoms with van der Waals surface area (Å²) in [4.78, 5) is 13.1. The summed E-state index contributed by atoms with van der Waals surface area (Å²) in [5.41, 5.74) is 1.69. The molecule has 0 amide bonds. The average Bonchev–Trinajstić information content (AvgIpc) is 2.72. The van der Waals surface area contributed by atoms with Gasteiger partial charge in [0, 0.05) is 38.4 Å². The van der Waals surface area contributed by atoms with E-state index in [0.717, 1.165) is 62.9 Å².